The third-order valence-electron chi connectivity index (χ3n) is 4.09. The smallest absolute Gasteiger partial charge is 0.306 e. The number of halogens is 1. The van der Waals surface area contributed by atoms with E-state index >= 15 is 0 Å². The number of aromatic amines is 1. The second kappa shape index (κ2) is 8.68. The molecule has 0 saturated carbocycles. The number of H-pyrrole nitrogens is 1. The van der Waals surface area contributed by atoms with Crippen LogP contribution in [0.2, 0.25) is 0 Å². The molecule has 7 nitrogen and oxygen atoms in total. The first kappa shape index (κ1) is 20.3. The molecule has 0 radical (unpaired) electrons. The molecule has 0 unspecified atom stereocenters. The summed E-state index contributed by atoms with van der Waals surface area (Å²) in [5, 5.41) is 6.99. The van der Waals surface area contributed by atoms with E-state index in [4.69, 9.17) is 9.15 Å². The summed E-state index contributed by atoms with van der Waals surface area (Å²) in [6.07, 6.45) is 2.90. The van der Waals surface area contributed by atoms with Gasteiger partial charge in [0, 0.05) is 22.7 Å². The van der Waals surface area contributed by atoms with Crippen LogP contribution in [0.1, 0.15) is 56.1 Å². The standard InChI is InChI=1S/C20H23BrN4O3/c1-20(2,3)15-11-22-18(28-15)8-9-19(26)27-12-17-23-16(24-25-17)10-13-6-4-5-7-14(13)21/h4-7,11H,8-10,12H2,1-3H3,(H,23,24,25). The summed E-state index contributed by atoms with van der Waals surface area (Å²) in [6.45, 7) is 6.20. The lowest BCUT2D eigenvalue weighted by molar-refractivity contribution is -0.145. The van der Waals surface area contributed by atoms with Crippen LogP contribution in [0.15, 0.2) is 39.4 Å². The Bertz CT molecular complexity index is 943. The minimum atomic E-state index is -0.334. The third kappa shape index (κ3) is 5.51. The van der Waals surface area contributed by atoms with Crippen LogP contribution >= 0.6 is 15.9 Å². The Labute approximate surface area is 172 Å². The Balaban J connectivity index is 1.45. The summed E-state index contributed by atoms with van der Waals surface area (Å²) in [4.78, 5) is 20.6. The third-order valence-corrected chi connectivity index (χ3v) is 4.86. The van der Waals surface area contributed by atoms with Crippen LogP contribution in [0.4, 0.5) is 0 Å². The average Bonchev–Trinajstić information content (AvgIpc) is 3.29. The van der Waals surface area contributed by atoms with Crippen LogP contribution in [0.5, 0.6) is 0 Å². The van der Waals surface area contributed by atoms with Crippen LogP contribution in [-0.4, -0.2) is 26.1 Å². The number of aryl methyl sites for hydroxylation is 1. The lowest BCUT2D eigenvalue weighted by Crippen LogP contribution is -2.09. The van der Waals surface area contributed by atoms with Crippen LogP contribution in [-0.2, 0) is 34.4 Å². The number of carbonyl (C=O) groups excluding carboxylic acids is 1. The highest BCUT2D eigenvalue weighted by Gasteiger charge is 2.19. The van der Waals surface area contributed by atoms with Crippen LogP contribution in [0.25, 0.3) is 0 Å². The molecule has 148 valence electrons. The molecule has 0 bridgehead atoms. The summed E-state index contributed by atoms with van der Waals surface area (Å²) < 4.78 is 11.9. The zero-order valence-electron chi connectivity index (χ0n) is 16.2. The molecule has 2 heterocycles. The number of hydrogen-bond acceptors (Lipinski definition) is 6. The monoisotopic (exact) mass is 446 g/mol. The molecule has 3 aromatic rings. The molecule has 0 aliphatic carbocycles. The number of nitrogens with zero attached hydrogens (tertiary/aromatic N) is 3. The number of ether oxygens (including phenoxy) is 1. The highest BCUT2D eigenvalue weighted by atomic mass is 79.9. The van der Waals surface area contributed by atoms with Gasteiger partial charge >= 0.3 is 5.97 Å². The zero-order valence-corrected chi connectivity index (χ0v) is 17.7. The van der Waals surface area contributed by atoms with Crippen molar-refractivity contribution in [1.82, 2.24) is 20.2 Å². The van der Waals surface area contributed by atoms with E-state index in [1.165, 1.54) is 0 Å². The van der Waals surface area contributed by atoms with E-state index in [9.17, 15) is 4.79 Å². The molecule has 0 aliphatic heterocycles. The van der Waals surface area contributed by atoms with Crippen molar-refractivity contribution < 1.29 is 13.9 Å². The van der Waals surface area contributed by atoms with Crippen molar-refractivity contribution in [3.63, 3.8) is 0 Å². The van der Waals surface area contributed by atoms with Gasteiger partial charge in [-0.05, 0) is 11.6 Å². The average molecular weight is 447 g/mol. The van der Waals surface area contributed by atoms with Gasteiger partial charge in [0.25, 0.3) is 0 Å². The van der Waals surface area contributed by atoms with E-state index in [1.54, 1.807) is 6.20 Å². The fraction of sp³-hybridized carbons (Fsp3) is 0.400. The highest BCUT2D eigenvalue weighted by molar-refractivity contribution is 9.10. The van der Waals surface area contributed by atoms with Crippen molar-refractivity contribution in [2.24, 2.45) is 0 Å². The van der Waals surface area contributed by atoms with Gasteiger partial charge in [0.2, 0.25) is 0 Å². The second-order valence-electron chi connectivity index (χ2n) is 7.50. The molecule has 0 fully saturated rings. The molecule has 0 atom stereocenters. The number of nitrogens with one attached hydrogen (secondary N) is 1. The van der Waals surface area contributed by atoms with Crippen molar-refractivity contribution in [3.05, 3.63) is 63.8 Å². The SMILES string of the molecule is CC(C)(C)c1cnc(CCC(=O)OCc2nc(Cc3ccccc3Br)n[nH]2)o1. The van der Waals surface area contributed by atoms with Crippen molar-refractivity contribution in [1.29, 1.82) is 0 Å². The largest absolute Gasteiger partial charge is 0.457 e. The number of hydrogen-bond donors (Lipinski definition) is 1. The highest BCUT2D eigenvalue weighted by Crippen LogP contribution is 2.23. The Kier molecular flexibility index (Phi) is 6.28. The predicted molar refractivity (Wildman–Crippen MR) is 107 cm³/mol. The van der Waals surface area contributed by atoms with Gasteiger partial charge in [-0.15, -0.1) is 0 Å². The minimum absolute atomic E-state index is 0.0562. The molecule has 8 heteroatoms. The topological polar surface area (TPSA) is 93.9 Å². The molecule has 28 heavy (non-hydrogen) atoms. The van der Waals surface area contributed by atoms with E-state index in [2.05, 4.69) is 36.1 Å². The van der Waals surface area contributed by atoms with Crippen molar-refractivity contribution in [2.45, 2.75) is 52.1 Å². The first-order valence-electron chi connectivity index (χ1n) is 9.05. The van der Waals surface area contributed by atoms with Gasteiger partial charge in [-0.3, -0.25) is 9.89 Å². The summed E-state index contributed by atoms with van der Waals surface area (Å²) in [5.41, 5.74) is 0.982. The number of carbonyl (C=O) groups is 1. The van der Waals surface area contributed by atoms with Crippen LogP contribution in [0.3, 0.4) is 0 Å². The predicted octanol–water partition coefficient (Wildman–Crippen LogP) is 4.12. The van der Waals surface area contributed by atoms with E-state index in [0.717, 1.165) is 15.8 Å². The quantitative estimate of drug-likeness (QED) is 0.548. The Morgan fingerprint density at radius 2 is 2.07 bits per heavy atom. The maximum Gasteiger partial charge on any atom is 0.306 e. The Morgan fingerprint density at radius 3 is 2.79 bits per heavy atom. The lowest BCUT2D eigenvalue weighted by atomic mass is 9.94. The number of benzene rings is 1. The van der Waals surface area contributed by atoms with Gasteiger partial charge in [-0.2, -0.15) is 5.10 Å². The lowest BCUT2D eigenvalue weighted by Gasteiger charge is -2.13. The normalized spacial score (nSPS) is 11.6. The molecule has 2 aromatic heterocycles. The molecule has 0 aliphatic rings. The molecule has 3 rings (SSSR count). The molecular formula is C20H23BrN4O3. The summed E-state index contributed by atoms with van der Waals surface area (Å²) in [6, 6.07) is 7.91. The zero-order chi connectivity index (χ0) is 20.1. The van der Waals surface area contributed by atoms with Gasteiger partial charge in [0.1, 0.15) is 5.76 Å². The van der Waals surface area contributed by atoms with Crippen molar-refractivity contribution in [3.8, 4) is 0 Å². The van der Waals surface area contributed by atoms with Crippen molar-refractivity contribution >= 4 is 21.9 Å². The van der Waals surface area contributed by atoms with E-state index in [-0.39, 0.29) is 24.4 Å². The second-order valence-corrected chi connectivity index (χ2v) is 8.35. The van der Waals surface area contributed by atoms with E-state index < -0.39 is 0 Å². The van der Waals surface area contributed by atoms with Gasteiger partial charge in [-0.25, -0.2) is 9.97 Å². The number of oxazole rings is 1. The molecule has 0 saturated heterocycles. The molecular weight excluding hydrogens is 424 g/mol. The Hall–Kier alpha value is -2.48. The Morgan fingerprint density at radius 1 is 1.29 bits per heavy atom. The van der Waals surface area contributed by atoms with Crippen LogP contribution < -0.4 is 0 Å². The summed E-state index contributed by atoms with van der Waals surface area (Å²) >= 11 is 3.51. The summed E-state index contributed by atoms with van der Waals surface area (Å²) in [7, 11) is 0. The van der Waals surface area contributed by atoms with Gasteiger partial charge in [0.15, 0.2) is 24.1 Å². The first-order valence-corrected chi connectivity index (χ1v) is 9.85. The van der Waals surface area contributed by atoms with Gasteiger partial charge in [0.05, 0.1) is 12.6 Å². The van der Waals surface area contributed by atoms with Crippen molar-refractivity contribution in [2.75, 3.05) is 0 Å². The first-order chi connectivity index (χ1) is 13.3. The summed E-state index contributed by atoms with van der Waals surface area (Å²) in [5.74, 6) is 2.17. The molecule has 0 amide bonds. The maximum absolute atomic E-state index is 12.0. The maximum atomic E-state index is 12.0. The number of esters is 1. The molecule has 1 aromatic carbocycles. The number of aromatic nitrogens is 4. The van der Waals surface area contributed by atoms with Crippen LogP contribution in [0, 0.1) is 0 Å². The van der Waals surface area contributed by atoms with Gasteiger partial charge in [-0.1, -0.05) is 54.9 Å². The van der Waals surface area contributed by atoms with E-state index in [1.807, 2.05) is 45.0 Å². The van der Waals surface area contributed by atoms with E-state index in [0.29, 0.717) is 30.4 Å². The molecule has 1 N–H and O–H groups in total. The van der Waals surface area contributed by atoms with Gasteiger partial charge < -0.3 is 9.15 Å². The fourth-order valence-electron chi connectivity index (χ4n) is 2.49. The number of rotatable bonds is 7. The fourth-order valence-corrected chi connectivity index (χ4v) is 2.92. The molecule has 0 spiro atoms. The minimum Gasteiger partial charge on any atom is -0.457 e.